The fraction of sp³-hybridized carbons (Fsp3) is 0.533. The summed E-state index contributed by atoms with van der Waals surface area (Å²) in [5, 5.41) is 5.87. The van der Waals surface area contributed by atoms with Crippen LogP contribution in [0.4, 0.5) is 0 Å². The molecule has 1 unspecified atom stereocenters. The van der Waals surface area contributed by atoms with Crippen molar-refractivity contribution in [3.63, 3.8) is 0 Å². The standard InChI is InChI=1S/C15H24N2O3/c1-11-6-5-7-13(10-17-8-9-19-4)14(11)20-12(2)15(18)16-3/h5-7,12,17H,8-10H2,1-4H3,(H,16,18). The number of rotatable bonds is 8. The van der Waals surface area contributed by atoms with Crippen molar-refractivity contribution >= 4 is 5.91 Å². The Morgan fingerprint density at radius 1 is 1.40 bits per heavy atom. The van der Waals surface area contributed by atoms with Crippen LogP contribution in [0.3, 0.4) is 0 Å². The van der Waals surface area contributed by atoms with E-state index in [4.69, 9.17) is 9.47 Å². The zero-order valence-electron chi connectivity index (χ0n) is 12.7. The number of para-hydroxylation sites is 1. The van der Waals surface area contributed by atoms with Crippen LogP contribution in [0.2, 0.25) is 0 Å². The van der Waals surface area contributed by atoms with Gasteiger partial charge in [-0.15, -0.1) is 0 Å². The molecule has 0 radical (unpaired) electrons. The number of methoxy groups -OCH3 is 1. The largest absolute Gasteiger partial charge is 0.480 e. The minimum absolute atomic E-state index is 0.133. The van der Waals surface area contributed by atoms with Gasteiger partial charge in [0.15, 0.2) is 6.10 Å². The number of carbonyl (C=O) groups is 1. The number of ether oxygens (including phenoxy) is 2. The van der Waals surface area contributed by atoms with Crippen LogP contribution in [0.1, 0.15) is 18.1 Å². The highest BCUT2D eigenvalue weighted by Gasteiger charge is 2.16. The van der Waals surface area contributed by atoms with Gasteiger partial charge in [-0.1, -0.05) is 18.2 Å². The van der Waals surface area contributed by atoms with Crippen molar-refractivity contribution in [3.05, 3.63) is 29.3 Å². The summed E-state index contributed by atoms with van der Waals surface area (Å²) in [6.07, 6.45) is -0.515. The summed E-state index contributed by atoms with van der Waals surface area (Å²) in [5.74, 6) is 0.639. The van der Waals surface area contributed by atoms with Crippen molar-refractivity contribution in [1.82, 2.24) is 10.6 Å². The Labute approximate surface area is 120 Å². The van der Waals surface area contributed by atoms with Crippen molar-refractivity contribution < 1.29 is 14.3 Å². The monoisotopic (exact) mass is 280 g/mol. The smallest absolute Gasteiger partial charge is 0.260 e. The van der Waals surface area contributed by atoms with Crippen molar-refractivity contribution in [3.8, 4) is 5.75 Å². The van der Waals surface area contributed by atoms with E-state index in [2.05, 4.69) is 10.6 Å². The van der Waals surface area contributed by atoms with Crippen LogP contribution in [-0.2, 0) is 16.1 Å². The van der Waals surface area contributed by atoms with E-state index >= 15 is 0 Å². The fourth-order valence-corrected chi connectivity index (χ4v) is 1.85. The van der Waals surface area contributed by atoms with Crippen molar-refractivity contribution in [2.45, 2.75) is 26.5 Å². The van der Waals surface area contributed by atoms with Crippen LogP contribution in [0.5, 0.6) is 5.75 Å². The molecule has 0 aliphatic rings. The lowest BCUT2D eigenvalue weighted by Gasteiger charge is -2.18. The van der Waals surface area contributed by atoms with Crippen LogP contribution in [-0.4, -0.2) is 39.3 Å². The molecule has 5 nitrogen and oxygen atoms in total. The molecule has 1 aromatic rings. The maximum Gasteiger partial charge on any atom is 0.260 e. The topological polar surface area (TPSA) is 59.6 Å². The SMILES string of the molecule is CNC(=O)C(C)Oc1c(C)cccc1CNCCOC. The highest BCUT2D eigenvalue weighted by Crippen LogP contribution is 2.24. The molecule has 0 saturated carbocycles. The third-order valence-electron chi connectivity index (χ3n) is 3.00. The van der Waals surface area contributed by atoms with Gasteiger partial charge in [0.25, 0.3) is 5.91 Å². The lowest BCUT2D eigenvalue weighted by Crippen LogP contribution is -2.34. The molecule has 0 aliphatic heterocycles. The van der Waals surface area contributed by atoms with Gasteiger partial charge >= 0.3 is 0 Å². The van der Waals surface area contributed by atoms with Gasteiger partial charge in [-0.2, -0.15) is 0 Å². The van der Waals surface area contributed by atoms with Gasteiger partial charge < -0.3 is 20.1 Å². The number of amides is 1. The van der Waals surface area contributed by atoms with E-state index in [9.17, 15) is 4.79 Å². The maximum absolute atomic E-state index is 11.6. The number of hydrogen-bond donors (Lipinski definition) is 2. The molecule has 0 heterocycles. The van der Waals surface area contributed by atoms with Gasteiger partial charge in [-0.25, -0.2) is 0 Å². The molecule has 5 heteroatoms. The summed E-state index contributed by atoms with van der Waals surface area (Å²) in [5.41, 5.74) is 2.06. The first kappa shape index (κ1) is 16.5. The van der Waals surface area contributed by atoms with Crippen LogP contribution in [0.25, 0.3) is 0 Å². The molecule has 1 rings (SSSR count). The van der Waals surface area contributed by atoms with Crippen LogP contribution in [0, 0.1) is 6.92 Å². The van der Waals surface area contributed by atoms with E-state index in [0.717, 1.165) is 23.4 Å². The van der Waals surface area contributed by atoms with Gasteiger partial charge in [0, 0.05) is 32.8 Å². The van der Waals surface area contributed by atoms with E-state index in [1.807, 2.05) is 25.1 Å². The molecule has 0 spiro atoms. The van der Waals surface area contributed by atoms with E-state index in [1.165, 1.54) is 0 Å². The second-order valence-electron chi connectivity index (χ2n) is 4.61. The molecule has 1 aromatic carbocycles. The number of benzene rings is 1. The first-order valence-electron chi connectivity index (χ1n) is 6.76. The number of hydrogen-bond acceptors (Lipinski definition) is 4. The Balaban J connectivity index is 2.75. The average molecular weight is 280 g/mol. The third kappa shape index (κ3) is 4.83. The number of carbonyl (C=O) groups excluding carboxylic acids is 1. The van der Waals surface area contributed by atoms with Gasteiger partial charge in [-0.05, 0) is 19.4 Å². The van der Waals surface area contributed by atoms with Crippen LogP contribution >= 0.6 is 0 Å². The van der Waals surface area contributed by atoms with Gasteiger partial charge in [0.05, 0.1) is 6.61 Å². The van der Waals surface area contributed by atoms with E-state index in [0.29, 0.717) is 13.2 Å². The first-order valence-corrected chi connectivity index (χ1v) is 6.76. The lowest BCUT2D eigenvalue weighted by atomic mass is 10.1. The predicted molar refractivity (Wildman–Crippen MR) is 78.9 cm³/mol. The second-order valence-corrected chi connectivity index (χ2v) is 4.61. The molecule has 112 valence electrons. The molecule has 0 aliphatic carbocycles. The molecule has 1 atom stereocenters. The van der Waals surface area contributed by atoms with Gasteiger partial charge in [0.1, 0.15) is 5.75 Å². The molecule has 2 N–H and O–H groups in total. The summed E-state index contributed by atoms with van der Waals surface area (Å²) in [7, 11) is 3.28. The Morgan fingerprint density at radius 2 is 2.15 bits per heavy atom. The summed E-state index contributed by atoms with van der Waals surface area (Å²) in [4.78, 5) is 11.6. The first-order chi connectivity index (χ1) is 9.60. The molecule has 0 aromatic heterocycles. The lowest BCUT2D eigenvalue weighted by molar-refractivity contribution is -0.126. The van der Waals surface area contributed by atoms with Gasteiger partial charge in [0.2, 0.25) is 0 Å². The molecule has 0 saturated heterocycles. The molecular weight excluding hydrogens is 256 g/mol. The summed E-state index contributed by atoms with van der Waals surface area (Å²) < 4.78 is 10.8. The number of aryl methyl sites for hydroxylation is 1. The van der Waals surface area contributed by atoms with E-state index in [-0.39, 0.29) is 5.91 Å². The summed E-state index contributed by atoms with van der Waals surface area (Å²) >= 11 is 0. The Morgan fingerprint density at radius 3 is 2.80 bits per heavy atom. The minimum Gasteiger partial charge on any atom is -0.480 e. The van der Waals surface area contributed by atoms with Crippen molar-refractivity contribution in [2.24, 2.45) is 0 Å². The summed E-state index contributed by atoms with van der Waals surface area (Å²) in [6.45, 7) is 5.84. The molecule has 20 heavy (non-hydrogen) atoms. The second kappa shape index (κ2) is 8.55. The molecule has 0 fully saturated rings. The third-order valence-corrected chi connectivity index (χ3v) is 3.00. The number of likely N-dealkylation sites (N-methyl/N-ethyl adjacent to an activating group) is 1. The van der Waals surface area contributed by atoms with Crippen LogP contribution < -0.4 is 15.4 Å². The summed E-state index contributed by atoms with van der Waals surface area (Å²) in [6, 6.07) is 5.96. The van der Waals surface area contributed by atoms with Crippen molar-refractivity contribution in [2.75, 3.05) is 27.3 Å². The van der Waals surface area contributed by atoms with Gasteiger partial charge in [-0.3, -0.25) is 4.79 Å². The molecule has 1 amide bonds. The minimum atomic E-state index is -0.515. The average Bonchev–Trinajstić information content (AvgIpc) is 2.45. The molecular formula is C15H24N2O3. The molecule has 0 bridgehead atoms. The quantitative estimate of drug-likeness (QED) is 0.704. The zero-order valence-corrected chi connectivity index (χ0v) is 12.7. The maximum atomic E-state index is 11.6. The van der Waals surface area contributed by atoms with Crippen LogP contribution in [0.15, 0.2) is 18.2 Å². The van der Waals surface area contributed by atoms with E-state index < -0.39 is 6.10 Å². The van der Waals surface area contributed by atoms with E-state index in [1.54, 1.807) is 21.1 Å². The Kier molecular flexibility index (Phi) is 7.04. The predicted octanol–water partition coefficient (Wildman–Crippen LogP) is 1.24. The Hall–Kier alpha value is -1.59. The highest BCUT2D eigenvalue weighted by atomic mass is 16.5. The van der Waals surface area contributed by atoms with Crippen molar-refractivity contribution in [1.29, 1.82) is 0 Å². The Bertz CT molecular complexity index is 435. The highest BCUT2D eigenvalue weighted by molar-refractivity contribution is 5.80. The number of nitrogens with one attached hydrogen (secondary N) is 2. The fourth-order valence-electron chi connectivity index (χ4n) is 1.85. The zero-order chi connectivity index (χ0) is 15.0. The normalized spacial score (nSPS) is 12.0.